The van der Waals surface area contributed by atoms with Crippen molar-refractivity contribution in [1.29, 1.82) is 0 Å². The SMILES string of the molecule is [NH3+]NC(=S)N1CCc2[nH][nH]c(=O)c2C1. The van der Waals surface area contributed by atoms with Gasteiger partial charge in [-0.05, 0) is 12.2 Å². The first-order valence-corrected chi connectivity index (χ1v) is 4.73. The molecule has 0 atom stereocenters. The fourth-order valence-corrected chi connectivity index (χ4v) is 1.76. The monoisotopic (exact) mass is 214 g/mol. The number of nitrogens with zero attached hydrogens (tertiary/aromatic N) is 1. The van der Waals surface area contributed by atoms with E-state index in [1.165, 1.54) is 0 Å². The Labute approximate surface area is 85.4 Å². The maximum atomic E-state index is 11.3. The Morgan fingerprint density at radius 1 is 1.57 bits per heavy atom. The normalized spacial score (nSPS) is 15.1. The number of H-pyrrole nitrogens is 2. The van der Waals surface area contributed by atoms with E-state index < -0.39 is 0 Å². The largest absolute Gasteiger partial charge is 0.340 e. The van der Waals surface area contributed by atoms with Crippen molar-refractivity contribution in [3.8, 4) is 0 Å². The second kappa shape index (κ2) is 3.43. The Kier molecular flexibility index (Phi) is 2.26. The molecule has 2 heterocycles. The number of fused-ring (bicyclic) bond motifs is 1. The first-order chi connectivity index (χ1) is 6.72. The topological polar surface area (TPSA) is 91.6 Å². The highest BCUT2D eigenvalue weighted by Crippen LogP contribution is 2.12. The summed E-state index contributed by atoms with van der Waals surface area (Å²) < 4.78 is 0. The molecule has 1 aromatic rings. The third-order valence-corrected chi connectivity index (χ3v) is 2.79. The summed E-state index contributed by atoms with van der Waals surface area (Å²) in [4.78, 5) is 13.3. The Morgan fingerprint density at radius 2 is 2.36 bits per heavy atom. The van der Waals surface area contributed by atoms with Crippen molar-refractivity contribution < 1.29 is 5.84 Å². The van der Waals surface area contributed by atoms with E-state index in [-0.39, 0.29) is 5.56 Å². The molecule has 6 nitrogen and oxygen atoms in total. The highest BCUT2D eigenvalue weighted by molar-refractivity contribution is 7.80. The Balaban J connectivity index is 2.24. The van der Waals surface area contributed by atoms with Crippen LogP contribution in [0.25, 0.3) is 0 Å². The van der Waals surface area contributed by atoms with Gasteiger partial charge in [-0.25, -0.2) is 5.43 Å². The minimum atomic E-state index is -0.0587. The fourth-order valence-electron chi connectivity index (χ4n) is 1.60. The van der Waals surface area contributed by atoms with E-state index in [0.717, 1.165) is 24.2 Å². The molecule has 0 aliphatic carbocycles. The molecule has 7 heteroatoms. The van der Waals surface area contributed by atoms with Crippen LogP contribution < -0.4 is 16.8 Å². The standard InChI is InChI=1S/C7H11N5OS/c8-9-7(14)12-2-1-5-4(3-12)6(13)11-10-5/h1-3,8H2,(H,9,14)(H2,10,11,13)/p+1. The second-order valence-electron chi connectivity index (χ2n) is 3.19. The molecule has 14 heavy (non-hydrogen) atoms. The van der Waals surface area contributed by atoms with Gasteiger partial charge >= 0.3 is 0 Å². The summed E-state index contributed by atoms with van der Waals surface area (Å²) in [6, 6.07) is 0. The van der Waals surface area contributed by atoms with Crippen molar-refractivity contribution >= 4 is 17.3 Å². The molecule has 1 aromatic heterocycles. The average Bonchev–Trinajstić information content (AvgIpc) is 2.59. The first-order valence-electron chi connectivity index (χ1n) is 4.32. The van der Waals surface area contributed by atoms with Crippen LogP contribution in [0.3, 0.4) is 0 Å². The number of nitrogens with one attached hydrogen (secondary N) is 3. The first kappa shape index (κ1) is 9.22. The quantitative estimate of drug-likeness (QED) is 0.300. The number of thiocarbonyl (C=S) groups is 1. The van der Waals surface area contributed by atoms with Crippen LogP contribution in [-0.2, 0) is 13.0 Å². The Hall–Kier alpha value is -1.34. The van der Waals surface area contributed by atoms with Crippen molar-refractivity contribution in [3.05, 3.63) is 21.6 Å². The zero-order chi connectivity index (χ0) is 10.1. The van der Waals surface area contributed by atoms with E-state index in [2.05, 4.69) is 21.5 Å². The molecule has 2 rings (SSSR count). The number of aromatic amines is 2. The van der Waals surface area contributed by atoms with Gasteiger partial charge in [0.05, 0.1) is 12.1 Å². The van der Waals surface area contributed by atoms with Crippen LogP contribution in [0.5, 0.6) is 0 Å². The number of rotatable bonds is 0. The lowest BCUT2D eigenvalue weighted by molar-refractivity contribution is -0.420. The smallest absolute Gasteiger partial charge is 0.269 e. The van der Waals surface area contributed by atoms with E-state index in [1.807, 2.05) is 4.90 Å². The number of hydrogen-bond acceptors (Lipinski definition) is 2. The summed E-state index contributed by atoms with van der Waals surface area (Å²) in [6.07, 6.45) is 0.801. The Bertz CT molecular complexity index is 408. The van der Waals surface area contributed by atoms with Crippen LogP contribution in [0.2, 0.25) is 0 Å². The predicted octanol–water partition coefficient (Wildman–Crippen LogP) is -1.91. The van der Waals surface area contributed by atoms with Gasteiger partial charge in [-0.2, -0.15) is 0 Å². The van der Waals surface area contributed by atoms with Gasteiger partial charge in [0.25, 0.3) is 5.56 Å². The van der Waals surface area contributed by atoms with Gasteiger partial charge in [0.2, 0.25) is 5.11 Å². The molecule has 0 spiro atoms. The molecule has 0 saturated carbocycles. The molecule has 0 unspecified atom stereocenters. The highest BCUT2D eigenvalue weighted by atomic mass is 32.1. The average molecular weight is 214 g/mol. The van der Waals surface area contributed by atoms with Gasteiger partial charge in [0, 0.05) is 18.7 Å². The molecular formula is C7H12N5OS+. The van der Waals surface area contributed by atoms with Gasteiger partial charge in [-0.1, -0.05) is 0 Å². The van der Waals surface area contributed by atoms with Crippen LogP contribution in [0.4, 0.5) is 0 Å². The molecule has 0 radical (unpaired) electrons. The van der Waals surface area contributed by atoms with Crippen LogP contribution in [0.1, 0.15) is 11.3 Å². The van der Waals surface area contributed by atoms with Crippen molar-refractivity contribution in [1.82, 2.24) is 20.5 Å². The van der Waals surface area contributed by atoms with E-state index in [9.17, 15) is 4.79 Å². The van der Waals surface area contributed by atoms with E-state index >= 15 is 0 Å². The van der Waals surface area contributed by atoms with Gasteiger partial charge < -0.3 is 10.00 Å². The summed E-state index contributed by atoms with van der Waals surface area (Å²) >= 11 is 5.05. The molecule has 0 bridgehead atoms. The highest BCUT2D eigenvalue weighted by Gasteiger charge is 2.21. The lowest BCUT2D eigenvalue weighted by atomic mass is 10.1. The van der Waals surface area contributed by atoms with E-state index in [1.54, 1.807) is 0 Å². The minimum Gasteiger partial charge on any atom is -0.340 e. The molecule has 0 saturated heterocycles. The van der Waals surface area contributed by atoms with Gasteiger partial charge in [0.1, 0.15) is 0 Å². The summed E-state index contributed by atoms with van der Waals surface area (Å²) in [6.45, 7) is 1.36. The third-order valence-electron chi connectivity index (χ3n) is 2.38. The predicted molar refractivity (Wildman–Crippen MR) is 54.1 cm³/mol. The number of hydrogen-bond donors (Lipinski definition) is 4. The van der Waals surface area contributed by atoms with Crippen LogP contribution in [-0.4, -0.2) is 26.8 Å². The van der Waals surface area contributed by atoms with Crippen LogP contribution in [0, 0.1) is 0 Å². The third kappa shape index (κ3) is 1.40. The minimum absolute atomic E-state index is 0.0587. The van der Waals surface area contributed by atoms with Crippen LogP contribution >= 0.6 is 12.2 Å². The van der Waals surface area contributed by atoms with E-state index in [0.29, 0.717) is 11.7 Å². The zero-order valence-corrected chi connectivity index (χ0v) is 8.41. The summed E-state index contributed by atoms with van der Waals surface area (Å²) in [5.41, 5.74) is 4.36. The van der Waals surface area contributed by atoms with Crippen LogP contribution in [0.15, 0.2) is 4.79 Å². The van der Waals surface area contributed by atoms with Gasteiger partial charge in [-0.3, -0.25) is 15.7 Å². The zero-order valence-electron chi connectivity index (χ0n) is 7.59. The second-order valence-corrected chi connectivity index (χ2v) is 3.58. The van der Waals surface area contributed by atoms with Crippen molar-refractivity contribution in [2.24, 2.45) is 0 Å². The Morgan fingerprint density at radius 3 is 3.07 bits per heavy atom. The number of quaternary nitrogens is 1. The van der Waals surface area contributed by atoms with Gasteiger partial charge in [0.15, 0.2) is 0 Å². The van der Waals surface area contributed by atoms with Crippen molar-refractivity contribution in [2.75, 3.05) is 6.54 Å². The molecule has 0 amide bonds. The summed E-state index contributed by atoms with van der Waals surface area (Å²) in [7, 11) is 0. The molecular weight excluding hydrogens is 202 g/mol. The number of aromatic nitrogens is 2. The maximum absolute atomic E-state index is 11.3. The maximum Gasteiger partial charge on any atom is 0.269 e. The molecule has 0 fully saturated rings. The fraction of sp³-hybridized carbons (Fsp3) is 0.429. The summed E-state index contributed by atoms with van der Waals surface area (Å²) in [5, 5.41) is 6.01. The molecule has 6 N–H and O–H groups in total. The summed E-state index contributed by atoms with van der Waals surface area (Å²) in [5.74, 6) is 3.50. The van der Waals surface area contributed by atoms with E-state index in [4.69, 9.17) is 12.2 Å². The molecule has 1 aliphatic heterocycles. The lowest BCUT2D eigenvalue weighted by Gasteiger charge is -2.26. The lowest BCUT2D eigenvalue weighted by Crippen LogP contribution is -2.70. The van der Waals surface area contributed by atoms with Crippen molar-refractivity contribution in [2.45, 2.75) is 13.0 Å². The molecule has 1 aliphatic rings. The van der Waals surface area contributed by atoms with Crippen molar-refractivity contribution in [3.63, 3.8) is 0 Å². The molecule has 0 aromatic carbocycles. The van der Waals surface area contributed by atoms with Gasteiger partial charge in [-0.15, -0.1) is 0 Å². The molecule has 76 valence electrons.